The highest BCUT2D eigenvalue weighted by molar-refractivity contribution is 5.90. The summed E-state index contributed by atoms with van der Waals surface area (Å²) in [6, 6.07) is 7.02. The summed E-state index contributed by atoms with van der Waals surface area (Å²) in [5.41, 5.74) is 1.28. The first-order valence-electron chi connectivity index (χ1n) is 6.71. The van der Waals surface area contributed by atoms with Gasteiger partial charge in [-0.15, -0.1) is 15.3 Å². The van der Waals surface area contributed by atoms with Gasteiger partial charge in [0.25, 0.3) is 0 Å². The van der Waals surface area contributed by atoms with Gasteiger partial charge in [0.15, 0.2) is 11.5 Å². The van der Waals surface area contributed by atoms with E-state index in [0.29, 0.717) is 29.5 Å². The van der Waals surface area contributed by atoms with Crippen LogP contribution in [0.25, 0.3) is 5.65 Å². The van der Waals surface area contributed by atoms with Gasteiger partial charge in [0, 0.05) is 25.1 Å². The van der Waals surface area contributed by atoms with Gasteiger partial charge >= 0.3 is 0 Å². The second-order valence-electron chi connectivity index (χ2n) is 4.55. The van der Waals surface area contributed by atoms with Crippen LogP contribution in [0.2, 0.25) is 0 Å². The molecule has 0 bridgehead atoms. The molecule has 22 heavy (non-hydrogen) atoms. The fraction of sp³-hybridized carbons (Fsp3) is 0.214. The van der Waals surface area contributed by atoms with Crippen LogP contribution in [0.1, 0.15) is 12.2 Å². The normalized spacial score (nSPS) is 10.6. The fourth-order valence-corrected chi connectivity index (χ4v) is 1.97. The van der Waals surface area contributed by atoms with E-state index >= 15 is 0 Å². The van der Waals surface area contributed by atoms with Gasteiger partial charge in [0.05, 0.1) is 19.0 Å². The Labute approximate surface area is 126 Å². The first-order valence-corrected chi connectivity index (χ1v) is 6.71. The first-order chi connectivity index (χ1) is 10.8. The third-order valence-corrected chi connectivity index (χ3v) is 3.03. The van der Waals surface area contributed by atoms with Crippen molar-refractivity contribution in [2.75, 3.05) is 12.4 Å². The van der Waals surface area contributed by atoms with Crippen LogP contribution in [0, 0.1) is 0 Å². The van der Waals surface area contributed by atoms with Crippen LogP contribution in [0.5, 0.6) is 5.88 Å². The number of hydrogen-bond acceptors (Lipinski definition) is 6. The number of fused-ring (bicyclic) bond motifs is 1. The third kappa shape index (κ3) is 3.00. The van der Waals surface area contributed by atoms with E-state index in [9.17, 15) is 4.79 Å². The lowest BCUT2D eigenvalue weighted by atomic mass is 10.2. The Morgan fingerprint density at radius 1 is 1.32 bits per heavy atom. The number of nitrogens with one attached hydrogen (secondary N) is 1. The van der Waals surface area contributed by atoms with Crippen LogP contribution >= 0.6 is 0 Å². The minimum atomic E-state index is -0.118. The molecule has 0 atom stereocenters. The minimum Gasteiger partial charge on any atom is -0.480 e. The Hall–Kier alpha value is -3.03. The number of anilines is 1. The van der Waals surface area contributed by atoms with Crippen LogP contribution in [-0.2, 0) is 11.2 Å². The molecule has 3 aromatic rings. The molecule has 1 N–H and O–H groups in total. The summed E-state index contributed by atoms with van der Waals surface area (Å²) in [4.78, 5) is 15.9. The molecule has 0 saturated carbocycles. The summed E-state index contributed by atoms with van der Waals surface area (Å²) < 4.78 is 6.66. The first kappa shape index (κ1) is 13.9. The number of carbonyl (C=O) groups is 1. The van der Waals surface area contributed by atoms with Gasteiger partial charge in [-0.25, -0.2) is 0 Å². The lowest BCUT2D eigenvalue weighted by Crippen LogP contribution is -2.13. The fourth-order valence-electron chi connectivity index (χ4n) is 1.97. The minimum absolute atomic E-state index is 0.118. The molecule has 0 aromatic carbocycles. The number of aromatic nitrogens is 5. The molecule has 0 spiro atoms. The smallest absolute Gasteiger partial charge is 0.231 e. The van der Waals surface area contributed by atoms with Gasteiger partial charge in [0.1, 0.15) is 0 Å². The molecule has 0 saturated heterocycles. The molecule has 8 nitrogen and oxygen atoms in total. The summed E-state index contributed by atoms with van der Waals surface area (Å²) in [7, 11) is 1.54. The molecule has 0 unspecified atom stereocenters. The van der Waals surface area contributed by atoms with Crippen molar-refractivity contribution in [2.24, 2.45) is 0 Å². The van der Waals surface area contributed by atoms with E-state index in [-0.39, 0.29) is 12.3 Å². The number of methoxy groups -OCH3 is 1. The van der Waals surface area contributed by atoms with E-state index in [2.05, 4.69) is 25.6 Å². The van der Waals surface area contributed by atoms with E-state index in [1.54, 1.807) is 48.3 Å². The molecular formula is C14H14N6O2. The quantitative estimate of drug-likeness (QED) is 0.758. The lowest BCUT2D eigenvalue weighted by molar-refractivity contribution is -0.116. The second kappa shape index (κ2) is 6.17. The van der Waals surface area contributed by atoms with Crippen molar-refractivity contribution in [1.82, 2.24) is 24.8 Å². The predicted octanol–water partition coefficient (Wildman–Crippen LogP) is 1.10. The number of pyridine rings is 1. The SMILES string of the molecule is COc1ccc2nnc(CCC(=O)Nc3cccnc3)n2n1. The molecule has 0 radical (unpaired) electrons. The third-order valence-electron chi connectivity index (χ3n) is 3.03. The molecule has 1 amide bonds. The largest absolute Gasteiger partial charge is 0.480 e. The summed E-state index contributed by atoms with van der Waals surface area (Å²) in [5, 5.41) is 15.1. The Morgan fingerprint density at radius 2 is 2.23 bits per heavy atom. The topological polar surface area (TPSA) is 94.3 Å². The highest BCUT2D eigenvalue weighted by atomic mass is 16.5. The number of ether oxygens (including phenoxy) is 1. The average molecular weight is 298 g/mol. The Bertz CT molecular complexity index is 786. The van der Waals surface area contributed by atoms with Gasteiger partial charge in [-0.2, -0.15) is 4.52 Å². The van der Waals surface area contributed by atoms with E-state index in [1.807, 2.05) is 0 Å². The van der Waals surface area contributed by atoms with Gasteiger partial charge < -0.3 is 10.1 Å². The zero-order chi connectivity index (χ0) is 15.4. The zero-order valence-corrected chi connectivity index (χ0v) is 11.9. The van der Waals surface area contributed by atoms with Crippen molar-refractivity contribution in [1.29, 1.82) is 0 Å². The molecule has 3 rings (SSSR count). The maximum Gasteiger partial charge on any atom is 0.231 e. The standard InChI is InChI=1S/C14H14N6O2/c1-22-14-7-5-12-18-17-11(20(12)19-14)4-6-13(21)16-10-3-2-8-15-9-10/h2-3,5,7-9H,4,6H2,1H3,(H,16,21). The van der Waals surface area contributed by atoms with Crippen LogP contribution in [0.15, 0.2) is 36.7 Å². The van der Waals surface area contributed by atoms with Crippen molar-refractivity contribution < 1.29 is 9.53 Å². The number of nitrogens with zero attached hydrogens (tertiary/aromatic N) is 5. The summed E-state index contributed by atoms with van der Waals surface area (Å²) in [6.45, 7) is 0. The van der Waals surface area contributed by atoms with Crippen molar-refractivity contribution in [2.45, 2.75) is 12.8 Å². The van der Waals surface area contributed by atoms with Gasteiger partial charge in [-0.3, -0.25) is 9.78 Å². The molecule has 0 aliphatic heterocycles. The van der Waals surface area contributed by atoms with Crippen LogP contribution in [0.3, 0.4) is 0 Å². The summed E-state index contributed by atoms with van der Waals surface area (Å²) in [5.74, 6) is 0.955. The van der Waals surface area contributed by atoms with Crippen LogP contribution in [0.4, 0.5) is 5.69 Å². The van der Waals surface area contributed by atoms with Gasteiger partial charge in [-0.1, -0.05) is 0 Å². The summed E-state index contributed by atoms with van der Waals surface area (Å²) in [6.07, 6.45) is 3.94. The van der Waals surface area contributed by atoms with E-state index in [0.717, 1.165) is 0 Å². The highest BCUT2D eigenvalue weighted by Gasteiger charge is 2.10. The number of carbonyl (C=O) groups excluding carboxylic acids is 1. The zero-order valence-electron chi connectivity index (χ0n) is 11.9. The predicted molar refractivity (Wildman–Crippen MR) is 78.5 cm³/mol. The molecule has 3 heterocycles. The number of aryl methyl sites for hydroxylation is 1. The van der Waals surface area contributed by atoms with Crippen molar-refractivity contribution in [3.63, 3.8) is 0 Å². The van der Waals surface area contributed by atoms with Crippen LogP contribution < -0.4 is 10.1 Å². The molecule has 0 fully saturated rings. The number of rotatable bonds is 5. The number of amides is 1. The van der Waals surface area contributed by atoms with E-state index in [4.69, 9.17) is 4.74 Å². The maximum absolute atomic E-state index is 11.9. The Kier molecular flexibility index (Phi) is 3.90. The molecule has 3 aromatic heterocycles. The Balaban J connectivity index is 1.67. The molecule has 0 aliphatic carbocycles. The molecular weight excluding hydrogens is 284 g/mol. The maximum atomic E-state index is 11.9. The van der Waals surface area contributed by atoms with Crippen LogP contribution in [-0.4, -0.2) is 37.8 Å². The molecule has 8 heteroatoms. The monoisotopic (exact) mass is 298 g/mol. The van der Waals surface area contributed by atoms with E-state index in [1.165, 1.54) is 0 Å². The number of hydrogen-bond donors (Lipinski definition) is 1. The highest BCUT2D eigenvalue weighted by Crippen LogP contribution is 2.10. The lowest BCUT2D eigenvalue weighted by Gasteiger charge is -2.04. The summed E-state index contributed by atoms with van der Waals surface area (Å²) >= 11 is 0. The average Bonchev–Trinajstić information content (AvgIpc) is 2.96. The van der Waals surface area contributed by atoms with Gasteiger partial charge in [-0.05, 0) is 18.2 Å². The van der Waals surface area contributed by atoms with Crippen molar-refractivity contribution >= 4 is 17.2 Å². The molecule has 112 valence electrons. The van der Waals surface area contributed by atoms with Crippen molar-refractivity contribution in [3.05, 3.63) is 42.5 Å². The van der Waals surface area contributed by atoms with Crippen molar-refractivity contribution in [3.8, 4) is 5.88 Å². The van der Waals surface area contributed by atoms with E-state index < -0.39 is 0 Å². The van der Waals surface area contributed by atoms with Gasteiger partial charge in [0.2, 0.25) is 11.8 Å². The molecule has 0 aliphatic rings. The second-order valence-corrected chi connectivity index (χ2v) is 4.55. The Morgan fingerprint density at radius 3 is 3.00 bits per heavy atom.